The number of aromatic nitrogens is 2. The molecule has 2 heterocycles. The van der Waals surface area contributed by atoms with E-state index in [0.29, 0.717) is 12.2 Å². The minimum atomic E-state index is -0.610. The summed E-state index contributed by atoms with van der Waals surface area (Å²) < 4.78 is 7.56. The van der Waals surface area contributed by atoms with Gasteiger partial charge in [-0.2, -0.15) is 0 Å². The highest BCUT2D eigenvalue weighted by Gasteiger charge is 2.51. The van der Waals surface area contributed by atoms with Crippen LogP contribution in [0.3, 0.4) is 0 Å². The lowest BCUT2D eigenvalue weighted by Crippen LogP contribution is -2.37. The van der Waals surface area contributed by atoms with E-state index in [1.807, 2.05) is 44.3 Å². The van der Waals surface area contributed by atoms with Crippen molar-refractivity contribution in [3.63, 3.8) is 0 Å². The van der Waals surface area contributed by atoms with E-state index in [4.69, 9.17) is 9.72 Å². The van der Waals surface area contributed by atoms with Crippen molar-refractivity contribution in [2.45, 2.75) is 52.0 Å². The molecule has 1 saturated carbocycles. The third kappa shape index (κ3) is 4.17. The predicted octanol–water partition coefficient (Wildman–Crippen LogP) is 4.74. The Balaban J connectivity index is 1.31. The van der Waals surface area contributed by atoms with Crippen molar-refractivity contribution in [2.24, 2.45) is 5.41 Å². The van der Waals surface area contributed by atoms with Crippen LogP contribution >= 0.6 is 0 Å². The number of ketones is 1. The molecule has 33 heavy (non-hydrogen) atoms. The maximum absolute atomic E-state index is 13.4. The van der Waals surface area contributed by atoms with E-state index in [1.54, 1.807) is 12.1 Å². The Hall–Kier alpha value is -3.41. The van der Waals surface area contributed by atoms with E-state index in [-0.39, 0.29) is 24.2 Å². The first kappa shape index (κ1) is 21.4. The third-order valence-corrected chi connectivity index (χ3v) is 6.75. The summed E-state index contributed by atoms with van der Waals surface area (Å²) in [5, 5.41) is 3.25. The third-order valence-electron chi connectivity index (χ3n) is 6.75. The lowest BCUT2D eigenvalue weighted by atomic mass is 9.94. The summed E-state index contributed by atoms with van der Waals surface area (Å²) >= 11 is 0. The average Bonchev–Trinajstić information content (AvgIpc) is 3.52. The largest absolute Gasteiger partial charge is 0.494 e. The molecule has 0 spiro atoms. The number of nitrogens with one attached hydrogen (secondary N) is 1. The normalized spacial score (nSPS) is 17.9. The number of benzene rings is 2. The first-order valence-electron chi connectivity index (χ1n) is 11.7. The standard InChI is InChI=1S/C27H29N3O3/c1-3-33-21-11-8-20(9-12-21)24(31)16-27(14-15-27)26(32)29-22-13-10-19-6-4-5-7-23(19)30-17-18(2)28-25(22)30/h4-9,11-12,17,22H,3,10,13-16H2,1-2H3,(H,29,32). The van der Waals surface area contributed by atoms with Gasteiger partial charge >= 0.3 is 0 Å². The first-order valence-corrected chi connectivity index (χ1v) is 11.7. The summed E-state index contributed by atoms with van der Waals surface area (Å²) in [4.78, 5) is 31.1. The van der Waals surface area contributed by atoms with Crippen molar-refractivity contribution in [2.75, 3.05) is 6.61 Å². The number of Topliss-reactive ketones (excluding diaryl/α,β-unsaturated/α-hetero) is 1. The van der Waals surface area contributed by atoms with Gasteiger partial charge in [0.05, 0.1) is 23.8 Å². The number of imidazole rings is 1. The highest BCUT2D eigenvalue weighted by molar-refractivity contribution is 6.00. The Morgan fingerprint density at radius 1 is 1.15 bits per heavy atom. The van der Waals surface area contributed by atoms with Crippen LogP contribution < -0.4 is 10.1 Å². The van der Waals surface area contributed by atoms with Gasteiger partial charge in [-0.1, -0.05) is 18.2 Å². The summed E-state index contributed by atoms with van der Waals surface area (Å²) in [7, 11) is 0. The second-order valence-electron chi connectivity index (χ2n) is 9.14. The molecular formula is C27H29N3O3. The molecule has 1 aliphatic heterocycles. The van der Waals surface area contributed by atoms with E-state index in [2.05, 4.69) is 22.0 Å². The van der Waals surface area contributed by atoms with Crippen molar-refractivity contribution >= 4 is 11.7 Å². The first-order chi connectivity index (χ1) is 16.0. The molecule has 1 aromatic heterocycles. The molecule has 5 rings (SSSR count). The molecule has 0 radical (unpaired) electrons. The lowest BCUT2D eigenvalue weighted by Gasteiger charge is -2.21. The van der Waals surface area contributed by atoms with Gasteiger partial charge < -0.3 is 14.6 Å². The van der Waals surface area contributed by atoms with E-state index < -0.39 is 5.41 Å². The van der Waals surface area contributed by atoms with Crippen LogP contribution in [0.2, 0.25) is 0 Å². The molecule has 0 saturated heterocycles. The van der Waals surface area contributed by atoms with Crippen LogP contribution in [0.5, 0.6) is 5.75 Å². The topological polar surface area (TPSA) is 73.2 Å². The van der Waals surface area contributed by atoms with Gasteiger partial charge in [-0.3, -0.25) is 9.59 Å². The number of hydrogen-bond donors (Lipinski definition) is 1. The van der Waals surface area contributed by atoms with E-state index in [0.717, 1.165) is 48.6 Å². The molecule has 1 unspecified atom stereocenters. The van der Waals surface area contributed by atoms with Gasteiger partial charge in [-0.15, -0.1) is 0 Å². The molecule has 0 bridgehead atoms. The van der Waals surface area contributed by atoms with Crippen LogP contribution in [-0.4, -0.2) is 27.8 Å². The second kappa shape index (κ2) is 8.50. The Labute approximate surface area is 194 Å². The number of aryl methyl sites for hydroxylation is 2. The molecule has 6 heteroatoms. The average molecular weight is 444 g/mol. The summed E-state index contributed by atoms with van der Waals surface area (Å²) in [6.45, 7) is 4.48. The number of ether oxygens (including phenoxy) is 1. The van der Waals surface area contributed by atoms with E-state index in [1.165, 1.54) is 5.56 Å². The van der Waals surface area contributed by atoms with Gasteiger partial charge in [0.15, 0.2) is 5.78 Å². The molecule has 170 valence electrons. The monoisotopic (exact) mass is 443 g/mol. The Bertz CT molecular complexity index is 1190. The number of amides is 1. The minimum absolute atomic E-state index is 0.00341. The summed E-state index contributed by atoms with van der Waals surface area (Å²) in [6, 6.07) is 15.3. The molecule has 1 atom stereocenters. The molecule has 1 amide bonds. The van der Waals surface area contributed by atoms with Gasteiger partial charge in [0.1, 0.15) is 11.6 Å². The highest BCUT2D eigenvalue weighted by Crippen LogP contribution is 2.50. The Kier molecular flexibility index (Phi) is 5.52. The number of fused-ring (bicyclic) bond motifs is 3. The maximum atomic E-state index is 13.4. The molecule has 6 nitrogen and oxygen atoms in total. The van der Waals surface area contributed by atoms with Crippen LogP contribution in [-0.2, 0) is 11.2 Å². The van der Waals surface area contributed by atoms with Gasteiger partial charge in [0.25, 0.3) is 0 Å². The fourth-order valence-electron chi connectivity index (χ4n) is 4.74. The zero-order valence-corrected chi connectivity index (χ0v) is 19.1. The smallest absolute Gasteiger partial charge is 0.227 e. The van der Waals surface area contributed by atoms with Crippen LogP contribution in [0.1, 0.15) is 66.1 Å². The Morgan fingerprint density at radius 2 is 1.91 bits per heavy atom. The van der Waals surface area contributed by atoms with Crippen LogP contribution in [0, 0.1) is 12.3 Å². The summed E-state index contributed by atoms with van der Waals surface area (Å²) in [6.07, 6.45) is 5.38. The summed E-state index contributed by atoms with van der Waals surface area (Å²) in [5.74, 6) is 1.56. The number of carbonyl (C=O) groups excluding carboxylic acids is 2. The fraction of sp³-hybridized carbons (Fsp3) is 0.370. The van der Waals surface area contributed by atoms with Gasteiger partial charge in [0, 0.05) is 23.9 Å². The SMILES string of the molecule is CCOc1ccc(C(=O)CC2(C(=O)NC3CCc4ccccc4-n4cc(C)nc43)CC2)cc1. The number of carbonyl (C=O) groups is 2. The molecular weight excluding hydrogens is 414 g/mol. The van der Waals surface area contributed by atoms with Crippen LogP contribution in [0.15, 0.2) is 54.7 Å². The predicted molar refractivity (Wildman–Crippen MR) is 126 cm³/mol. The second-order valence-corrected chi connectivity index (χ2v) is 9.14. The minimum Gasteiger partial charge on any atom is -0.494 e. The van der Waals surface area contributed by atoms with E-state index >= 15 is 0 Å². The number of rotatable bonds is 7. The van der Waals surface area contributed by atoms with Crippen molar-refractivity contribution < 1.29 is 14.3 Å². The molecule has 1 N–H and O–H groups in total. The quantitative estimate of drug-likeness (QED) is 0.536. The van der Waals surface area contributed by atoms with Crippen molar-refractivity contribution in [3.05, 3.63) is 77.4 Å². The molecule has 3 aromatic rings. The fourth-order valence-corrected chi connectivity index (χ4v) is 4.74. The zero-order chi connectivity index (χ0) is 23.0. The van der Waals surface area contributed by atoms with Gasteiger partial charge in [-0.25, -0.2) is 4.98 Å². The number of para-hydroxylation sites is 1. The molecule has 1 fully saturated rings. The van der Waals surface area contributed by atoms with E-state index in [9.17, 15) is 9.59 Å². The molecule has 2 aliphatic rings. The highest BCUT2D eigenvalue weighted by atomic mass is 16.5. The Morgan fingerprint density at radius 3 is 2.64 bits per heavy atom. The number of nitrogens with zero attached hydrogens (tertiary/aromatic N) is 2. The van der Waals surface area contributed by atoms with Crippen molar-refractivity contribution in [1.82, 2.24) is 14.9 Å². The van der Waals surface area contributed by atoms with Crippen molar-refractivity contribution in [1.29, 1.82) is 0 Å². The van der Waals surface area contributed by atoms with Gasteiger partial charge in [0.2, 0.25) is 5.91 Å². The van der Waals surface area contributed by atoms with Crippen molar-refractivity contribution in [3.8, 4) is 11.4 Å². The molecule has 1 aliphatic carbocycles. The summed E-state index contributed by atoms with van der Waals surface area (Å²) in [5.41, 5.74) is 3.30. The lowest BCUT2D eigenvalue weighted by molar-refractivity contribution is -0.127. The van der Waals surface area contributed by atoms with Crippen LogP contribution in [0.25, 0.3) is 5.69 Å². The van der Waals surface area contributed by atoms with Gasteiger partial charge in [-0.05, 0) is 75.4 Å². The van der Waals surface area contributed by atoms with Crippen LogP contribution in [0.4, 0.5) is 0 Å². The number of hydrogen-bond acceptors (Lipinski definition) is 4. The maximum Gasteiger partial charge on any atom is 0.227 e. The molecule has 2 aromatic carbocycles. The zero-order valence-electron chi connectivity index (χ0n) is 19.1.